The van der Waals surface area contributed by atoms with Crippen LogP contribution in [-0.4, -0.2) is 25.4 Å². The molecular weight excluding hydrogens is 334 g/mol. The van der Waals surface area contributed by atoms with E-state index < -0.39 is 16.1 Å². The lowest BCUT2D eigenvalue weighted by Gasteiger charge is -2.24. The summed E-state index contributed by atoms with van der Waals surface area (Å²) >= 11 is 6.02. The van der Waals surface area contributed by atoms with Gasteiger partial charge in [0.15, 0.2) is 0 Å². The molecule has 2 rings (SSSR count). The van der Waals surface area contributed by atoms with Crippen LogP contribution in [0, 0.1) is 6.92 Å². The van der Waals surface area contributed by atoms with E-state index >= 15 is 0 Å². The Hall–Kier alpha value is -1.56. The number of hydrogen-bond donors (Lipinski definition) is 2. The van der Waals surface area contributed by atoms with Gasteiger partial charge >= 0.3 is 0 Å². The van der Waals surface area contributed by atoms with E-state index in [0.717, 1.165) is 5.56 Å². The van der Waals surface area contributed by atoms with E-state index in [-0.39, 0.29) is 22.4 Å². The van der Waals surface area contributed by atoms with Crippen molar-refractivity contribution in [1.29, 1.82) is 0 Å². The molecule has 2 atom stereocenters. The van der Waals surface area contributed by atoms with Crippen LogP contribution >= 0.6 is 11.6 Å². The maximum Gasteiger partial charge on any atom is 0.240 e. The number of aromatic hydroxyl groups is 1. The lowest BCUT2D eigenvalue weighted by molar-refractivity contribution is 0.451. The number of para-hydroxylation sites is 1. The smallest absolute Gasteiger partial charge is 0.240 e. The van der Waals surface area contributed by atoms with Crippen LogP contribution < -0.4 is 4.72 Å². The van der Waals surface area contributed by atoms with E-state index in [0.29, 0.717) is 5.56 Å². The third-order valence-corrected chi connectivity index (χ3v) is 5.69. The first-order valence-electron chi connectivity index (χ1n) is 7.28. The van der Waals surface area contributed by atoms with Crippen LogP contribution in [0.25, 0.3) is 0 Å². The summed E-state index contributed by atoms with van der Waals surface area (Å²) in [4.78, 5) is 0.209. The summed E-state index contributed by atoms with van der Waals surface area (Å²) in [5.74, 6) is -0.0348. The van der Waals surface area contributed by atoms with Gasteiger partial charge in [-0.1, -0.05) is 35.9 Å². The van der Waals surface area contributed by atoms with Gasteiger partial charge in [0.1, 0.15) is 5.75 Å². The molecule has 0 saturated heterocycles. The number of rotatable bonds is 6. The Labute approximate surface area is 142 Å². The summed E-state index contributed by atoms with van der Waals surface area (Å²) < 4.78 is 27.6. The number of hydrogen-bond acceptors (Lipinski definition) is 3. The van der Waals surface area contributed by atoms with Gasteiger partial charge in [-0.3, -0.25) is 0 Å². The highest BCUT2D eigenvalue weighted by atomic mass is 35.5. The Morgan fingerprint density at radius 1 is 1.13 bits per heavy atom. The van der Waals surface area contributed by atoms with Crippen LogP contribution in [0.2, 0.25) is 0 Å². The maximum absolute atomic E-state index is 12.5. The Bertz CT molecular complexity index is 760. The number of benzene rings is 2. The molecule has 0 spiro atoms. The van der Waals surface area contributed by atoms with E-state index in [1.165, 1.54) is 0 Å². The maximum atomic E-state index is 12.5. The van der Waals surface area contributed by atoms with E-state index in [1.54, 1.807) is 55.5 Å². The number of halogens is 1. The highest BCUT2D eigenvalue weighted by Gasteiger charge is 2.26. The summed E-state index contributed by atoms with van der Waals surface area (Å²) in [6, 6.07) is 13.0. The highest BCUT2D eigenvalue weighted by Crippen LogP contribution is 2.29. The summed E-state index contributed by atoms with van der Waals surface area (Å²) in [7, 11) is -3.64. The average molecular weight is 354 g/mol. The Balaban J connectivity index is 2.24. The Morgan fingerprint density at radius 2 is 1.74 bits per heavy atom. The van der Waals surface area contributed by atoms with E-state index in [2.05, 4.69) is 4.72 Å². The zero-order valence-corrected chi connectivity index (χ0v) is 14.6. The van der Waals surface area contributed by atoms with Crippen molar-refractivity contribution >= 4 is 21.6 Å². The molecule has 23 heavy (non-hydrogen) atoms. The lowest BCUT2D eigenvalue weighted by atomic mass is 9.94. The van der Waals surface area contributed by atoms with Crippen LogP contribution in [0.1, 0.15) is 24.0 Å². The zero-order chi connectivity index (χ0) is 17.0. The third-order valence-electron chi connectivity index (χ3n) is 3.78. The first-order valence-corrected chi connectivity index (χ1v) is 9.30. The summed E-state index contributed by atoms with van der Waals surface area (Å²) in [6.07, 6.45) is 0. The number of alkyl halides is 1. The minimum Gasteiger partial charge on any atom is -0.508 e. The summed E-state index contributed by atoms with van der Waals surface area (Å²) in [5, 5.41) is 9.97. The molecule has 0 aliphatic carbocycles. The molecule has 2 aromatic carbocycles. The molecule has 0 aliphatic heterocycles. The molecule has 0 saturated carbocycles. The van der Waals surface area contributed by atoms with Gasteiger partial charge in [0.2, 0.25) is 10.0 Å². The largest absolute Gasteiger partial charge is 0.508 e. The Morgan fingerprint density at radius 3 is 2.30 bits per heavy atom. The highest BCUT2D eigenvalue weighted by molar-refractivity contribution is 7.89. The molecule has 0 bridgehead atoms. The molecule has 0 heterocycles. The van der Waals surface area contributed by atoms with Crippen LogP contribution in [-0.2, 0) is 10.0 Å². The van der Waals surface area contributed by atoms with E-state index in [9.17, 15) is 13.5 Å². The molecule has 0 fully saturated rings. The first-order chi connectivity index (χ1) is 10.8. The van der Waals surface area contributed by atoms with E-state index in [1.807, 2.05) is 6.92 Å². The van der Waals surface area contributed by atoms with Crippen molar-refractivity contribution < 1.29 is 13.5 Å². The first kappa shape index (κ1) is 17.8. The predicted octanol–water partition coefficient (Wildman–Crippen LogP) is 3.39. The molecule has 124 valence electrons. The van der Waals surface area contributed by atoms with Crippen molar-refractivity contribution in [3.05, 3.63) is 59.7 Å². The number of sulfonamides is 1. The van der Waals surface area contributed by atoms with Gasteiger partial charge in [-0.2, -0.15) is 0 Å². The molecule has 6 heteroatoms. The number of phenolic OH excluding ortho intramolecular Hbond substituents is 1. The van der Waals surface area contributed by atoms with Crippen LogP contribution in [0.4, 0.5) is 0 Å². The van der Waals surface area contributed by atoms with Crippen molar-refractivity contribution in [3.63, 3.8) is 0 Å². The fraction of sp³-hybridized carbons (Fsp3) is 0.294. The van der Waals surface area contributed by atoms with Crippen LogP contribution in [0.5, 0.6) is 5.75 Å². The van der Waals surface area contributed by atoms with Gasteiger partial charge < -0.3 is 5.11 Å². The number of nitrogens with one attached hydrogen (secondary N) is 1. The minimum absolute atomic E-state index is 0.111. The van der Waals surface area contributed by atoms with Crippen molar-refractivity contribution in [1.82, 2.24) is 4.72 Å². The number of aryl methyl sites for hydroxylation is 1. The average Bonchev–Trinajstić information content (AvgIpc) is 2.50. The normalized spacial score (nSPS) is 14.4. The quantitative estimate of drug-likeness (QED) is 0.782. The molecular formula is C17H20ClNO3S. The van der Waals surface area contributed by atoms with Gasteiger partial charge in [-0.15, -0.1) is 11.6 Å². The fourth-order valence-electron chi connectivity index (χ4n) is 2.40. The second-order valence-electron chi connectivity index (χ2n) is 5.54. The van der Waals surface area contributed by atoms with E-state index in [4.69, 9.17) is 11.6 Å². The molecule has 0 amide bonds. The van der Waals surface area contributed by atoms with Crippen LogP contribution in [0.3, 0.4) is 0 Å². The van der Waals surface area contributed by atoms with Gasteiger partial charge in [-0.05, 0) is 37.6 Å². The molecule has 0 aromatic heterocycles. The summed E-state index contributed by atoms with van der Waals surface area (Å²) in [5.41, 5.74) is 1.62. The standard InChI is InChI=1S/C17H20ClNO3S/c1-12-7-9-14(10-8-12)23(21,22)19-13(2)16(11-18)15-5-3-4-6-17(15)20/h3-10,13,16,19-20H,11H2,1-2H3/t13-,16+/m0/s1. The Kier molecular flexibility index (Phi) is 5.68. The van der Waals surface area contributed by atoms with Gasteiger partial charge in [0.05, 0.1) is 4.90 Å². The van der Waals surface area contributed by atoms with Gasteiger partial charge in [0, 0.05) is 17.8 Å². The molecule has 0 radical (unpaired) electrons. The summed E-state index contributed by atoms with van der Waals surface area (Å²) in [6.45, 7) is 3.64. The van der Waals surface area contributed by atoms with Crippen molar-refractivity contribution in [2.75, 3.05) is 5.88 Å². The zero-order valence-electron chi connectivity index (χ0n) is 13.0. The van der Waals surface area contributed by atoms with Crippen molar-refractivity contribution in [2.24, 2.45) is 0 Å². The van der Waals surface area contributed by atoms with Crippen molar-refractivity contribution in [2.45, 2.75) is 30.7 Å². The third kappa shape index (κ3) is 4.25. The minimum atomic E-state index is -3.64. The molecule has 4 nitrogen and oxygen atoms in total. The second kappa shape index (κ2) is 7.34. The lowest BCUT2D eigenvalue weighted by Crippen LogP contribution is -2.37. The molecule has 2 aromatic rings. The molecule has 0 aliphatic rings. The number of phenols is 1. The fourth-order valence-corrected chi connectivity index (χ4v) is 4.12. The van der Waals surface area contributed by atoms with Gasteiger partial charge in [-0.25, -0.2) is 13.1 Å². The predicted molar refractivity (Wildman–Crippen MR) is 92.5 cm³/mol. The van der Waals surface area contributed by atoms with Crippen LogP contribution in [0.15, 0.2) is 53.4 Å². The van der Waals surface area contributed by atoms with Gasteiger partial charge in [0.25, 0.3) is 0 Å². The SMILES string of the molecule is Cc1ccc(S(=O)(=O)N[C@@H](C)[C@@H](CCl)c2ccccc2O)cc1. The molecule has 2 N–H and O–H groups in total. The molecule has 0 unspecified atom stereocenters. The van der Waals surface area contributed by atoms with Crippen molar-refractivity contribution in [3.8, 4) is 5.75 Å². The topological polar surface area (TPSA) is 66.4 Å². The second-order valence-corrected chi connectivity index (χ2v) is 7.57. The monoisotopic (exact) mass is 353 g/mol.